The molecule has 1 atom stereocenters. The maximum atomic E-state index is 10.9. The van der Waals surface area contributed by atoms with E-state index in [1.54, 1.807) is 19.2 Å². The molecule has 4 N–H and O–H groups in total. The second kappa shape index (κ2) is 7.38. The number of carbonyl (C=O) groups excluding carboxylic acids is 1. The van der Waals surface area contributed by atoms with Crippen molar-refractivity contribution >= 4 is 11.9 Å². The normalized spacial score (nSPS) is 11.8. The van der Waals surface area contributed by atoms with Gasteiger partial charge in [0.2, 0.25) is 5.91 Å². The van der Waals surface area contributed by atoms with Crippen LogP contribution in [0.25, 0.3) is 0 Å². The van der Waals surface area contributed by atoms with Crippen LogP contribution in [0.5, 0.6) is 5.75 Å². The Labute approximate surface area is 111 Å². The quantitative estimate of drug-likeness (QED) is 0.629. The topological polar surface area (TPSA) is 102 Å². The van der Waals surface area contributed by atoms with Crippen LogP contribution in [0, 0.1) is 0 Å². The summed E-state index contributed by atoms with van der Waals surface area (Å²) in [6.07, 6.45) is -0.0158. The summed E-state index contributed by atoms with van der Waals surface area (Å²) in [5, 5.41) is 11.8. The number of carboxylic acids is 1. The number of hydrogen-bond donors (Lipinski definition) is 3. The van der Waals surface area contributed by atoms with Gasteiger partial charge in [0, 0.05) is 12.5 Å². The van der Waals surface area contributed by atoms with Crippen LogP contribution in [-0.2, 0) is 9.59 Å². The van der Waals surface area contributed by atoms with Crippen molar-refractivity contribution in [2.45, 2.75) is 12.3 Å². The van der Waals surface area contributed by atoms with E-state index in [2.05, 4.69) is 5.32 Å². The standard InChI is InChI=1S/C13H18N2O4/c1-19-11-4-2-9(3-5-11)10(6-13(17)18)7-15-8-12(14)16/h2-5,10,15H,6-8H2,1H3,(H2,14,16)(H,17,18). The highest BCUT2D eigenvalue weighted by Gasteiger charge is 2.15. The average molecular weight is 266 g/mol. The van der Waals surface area contributed by atoms with Crippen molar-refractivity contribution in [2.24, 2.45) is 5.73 Å². The number of hydrogen-bond acceptors (Lipinski definition) is 4. The predicted octanol–water partition coefficient (Wildman–Crippen LogP) is 0.328. The first kappa shape index (κ1) is 15.0. The third kappa shape index (κ3) is 5.39. The van der Waals surface area contributed by atoms with E-state index < -0.39 is 11.9 Å². The van der Waals surface area contributed by atoms with Crippen LogP contribution in [0.2, 0.25) is 0 Å². The SMILES string of the molecule is COc1ccc(C(CNCC(N)=O)CC(=O)O)cc1. The lowest BCUT2D eigenvalue weighted by atomic mass is 9.95. The molecule has 1 aromatic rings. The molecule has 6 heteroatoms. The van der Waals surface area contributed by atoms with Gasteiger partial charge in [-0.1, -0.05) is 12.1 Å². The fourth-order valence-corrected chi connectivity index (χ4v) is 1.76. The van der Waals surface area contributed by atoms with Crippen molar-refractivity contribution in [3.63, 3.8) is 0 Å². The summed E-state index contributed by atoms with van der Waals surface area (Å²) in [5.74, 6) is -0.865. The van der Waals surface area contributed by atoms with Gasteiger partial charge in [0.05, 0.1) is 20.1 Å². The summed E-state index contributed by atoms with van der Waals surface area (Å²) in [7, 11) is 1.57. The predicted molar refractivity (Wildman–Crippen MR) is 70.1 cm³/mol. The first-order valence-electron chi connectivity index (χ1n) is 5.87. The van der Waals surface area contributed by atoms with Gasteiger partial charge in [0.15, 0.2) is 0 Å². The molecule has 1 rings (SSSR count). The van der Waals surface area contributed by atoms with E-state index in [1.165, 1.54) is 0 Å². The monoisotopic (exact) mass is 266 g/mol. The molecule has 0 heterocycles. The summed E-state index contributed by atoms with van der Waals surface area (Å²) in [4.78, 5) is 21.5. The molecular weight excluding hydrogens is 248 g/mol. The number of methoxy groups -OCH3 is 1. The van der Waals surface area contributed by atoms with E-state index in [-0.39, 0.29) is 18.9 Å². The van der Waals surface area contributed by atoms with Crippen LogP contribution >= 0.6 is 0 Å². The van der Waals surface area contributed by atoms with Crippen LogP contribution in [0.4, 0.5) is 0 Å². The summed E-state index contributed by atoms with van der Waals surface area (Å²) in [5.41, 5.74) is 5.90. The van der Waals surface area contributed by atoms with E-state index in [0.29, 0.717) is 12.3 Å². The number of benzene rings is 1. The number of nitrogens with one attached hydrogen (secondary N) is 1. The largest absolute Gasteiger partial charge is 0.497 e. The Kier molecular flexibility index (Phi) is 5.81. The van der Waals surface area contributed by atoms with Gasteiger partial charge in [-0.15, -0.1) is 0 Å². The lowest BCUT2D eigenvalue weighted by molar-refractivity contribution is -0.137. The van der Waals surface area contributed by atoms with Crippen LogP contribution < -0.4 is 15.8 Å². The molecule has 0 saturated heterocycles. The second-order valence-electron chi connectivity index (χ2n) is 4.17. The third-order valence-electron chi connectivity index (χ3n) is 2.70. The molecule has 0 bridgehead atoms. The first-order chi connectivity index (χ1) is 9.02. The van der Waals surface area contributed by atoms with E-state index in [9.17, 15) is 9.59 Å². The minimum atomic E-state index is -0.887. The maximum Gasteiger partial charge on any atom is 0.304 e. The Morgan fingerprint density at radius 1 is 1.37 bits per heavy atom. The fourth-order valence-electron chi connectivity index (χ4n) is 1.76. The number of ether oxygens (including phenoxy) is 1. The molecule has 1 aromatic carbocycles. The van der Waals surface area contributed by atoms with Gasteiger partial charge in [-0.05, 0) is 17.7 Å². The molecule has 104 valence electrons. The van der Waals surface area contributed by atoms with Gasteiger partial charge >= 0.3 is 5.97 Å². The Hall–Kier alpha value is -2.08. The molecule has 19 heavy (non-hydrogen) atoms. The summed E-state index contributed by atoms with van der Waals surface area (Å²) < 4.78 is 5.05. The van der Waals surface area contributed by atoms with E-state index in [0.717, 1.165) is 5.56 Å². The molecule has 0 aliphatic carbocycles. The molecule has 1 unspecified atom stereocenters. The van der Waals surface area contributed by atoms with Gasteiger partial charge in [0.1, 0.15) is 5.75 Å². The van der Waals surface area contributed by atoms with Crippen LogP contribution in [-0.4, -0.2) is 37.2 Å². The molecule has 0 spiro atoms. The molecular formula is C13H18N2O4. The van der Waals surface area contributed by atoms with Crippen molar-refractivity contribution in [1.29, 1.82) is 0 Å². The number of carboxylic acid groups (broad SMARTS) is 1. The third-order valence-corrected chi connectivity index (χ3v) is 2.70. The van der Waals surface area contributed by atoms with Crippen molar-refractivity contribution in [1.82, 2.24) is 5.32 Å². The molecule has 0 fully saturated rings. The minimum Gasteiger partial charge on any atom is -0.497 e. The number of carbonyl (C=O) groups is 2. The summed E-state index contributed by atoms with van der Waals surface area (Å²) in [6, 6.07) is 7.19. The van der Waals surface area contributed by atoms with Crippen LogP contribution in [0.3, 0.4) is 0 Å². The summed E-state index contributed by atoms with van der Waals surface area (Å²) >= 11 is 0. The Balaban J connectivity index is 2.70. The van der Waals surface area contributed by atoms with Gasteiger partial charge in [-0.25, -0.2) is 0 Å². The Morgan fingerprint density at radius 2 is 2.00 bits per heavy atom. The van der Waals surface area contributed by atoms with Crippen molar-refractivity contribution in [3.8, 4) is 5.75 Å². The molecule has 0 saturated carbocycles. The van der Waals surface area contributed by atoms with Gasteiger partial charge in [-0.2, -0.15) is 0 Å². The highest BCUT2D eigenvalue weighted by atomic mass is 16.5. The van der Waals surface area contributed by atoms with E-state index in [1.807, 2.05) is 12.1 Å². The second-order valence-corrected chi connectivity index (χ2v) is 4.17. The van der Waals surface area contributed by atoms with Gasteiger partial charge in [0.25, 0.3) is 0 Å². The average Bonchev–Trinajstić information content (AvgIpc) is 2.37. The van der Waals surface area contributed by atoms with Crippen molar-refractivity contribution in [2.75, 3.05) is 20.2 Å². The first-order valence-corrected chi connectivity index (χ1v) is 5.87. The van der Waals surface area contributed by atoms with Crippen molar-refractivity contribution < 1.29 is 19.4 Å². The molecule has 6 nitrogen and oxygen atoms in total. The van der Waals surface area contributed by atoms with Crippen LogP contribution in [0.15, 0.2) is 24.3 Å². The number of primary amides is 1. The number of amides is 1. The summed E-state index contributed by atoms with van der Waals surface area (Å²) in [6.45, 7) is 0.411. The highest BCUT2D eigenvalue weighted by Crippen LogP contribution is 2.21. The maximum absolute atomic E-state index is 10.9. The molecule has 0 aliphatic heterocycles. The molecule has 0 aromatic heterocycles. The number of aliphatic carboxylic acids is 1. The number of nitrogens with two attached hydrogens (primary N) is 1. The zero-order valence-corrected chi connectivity index (χ0v) is 10.8. The lowest BCUT2D eigenvalue weighted by Crippen LogP contribution is -2.32. The Morgan fingerprint density at radius 3 is 2.47 bits per heavy atom. The van der Waals surface area contributed by atoms with E-state index in [4.69, 9.17) is 15.6 Å². The van der Waals surface area contributed by atoms with Crippen LogP contribution in [0.1, 0.15) is 17.9 Å². The molecule has 0 radical (unpaired) electrons. The molecule has 0 aliphatic rings. The number of rotatable bonds is 8. The smallest absolute Gasteiger partial charge is 0.304 e. The van der Waals surface area contributed by atoms with Gasteiger partial charge in [-0.3, -0.25) is 9.59 Å². The minimum absolute atomic E-state index is 0.0158. The van der Waals surface area contributed by atoms with Gasteiger partial charge < -0.3 is 20.9 Å². The fraction of sp³-hybridized carbons (Fsp3) is 0.385. The van der Waals surface area contributed by atoms with Crippen molar-refractivity contribution in [3.05, 3.63) is 29.8 Å². The highest BCUT2D eigenvalue weighted by molar-refractivity contribution is 5.75. The zero-order chi connectivity index (χ0) is 14.3. The zero-order valence-electron chi connectivity index (χ0n) is 10.8. The molecule has 1 amide bonds. The Bertz CT molecular complexity index is 431. The lowest BCUT2D eigenvalue weighted by Gasteiger charge is -2.16. The van der Waals surface area contributed by atoms with E-state index >= 15 is 0 Å².